The summed E-state index contributed by atoms with van der Waals surface area (Å²) in [6.45, 7) is 5.30. The van der Waals surface area contributed by atoms with Crippen molar-refractivity contribution in [2.24, 2.45) is 5.92 Å². The number of Topliss-reactive ketones (excluding diaryl/α,β-unsaturated/α-hetero) is 1. The molecule has 196 valence electrons. The van der Waals surface area contributed by atoms with Crippen LogP contribution in [0.4, 0.5) is 15.8 Å². The molecule has 2 N–H and O–H groups in total. The van der Waals surface area contributed by atoms with Crippen LogP contribution in [-0.2, 0) is 6.42 Å². The standard InChI is InChI=1S/C31H31ClFN3O2/c1-18(2)36(3)12-11-19-5-4-6-23(13-19)35-29-24-14-21(22-15-26(32)31(38)27(33)16-22)9-10-28(24)34-17-25(29)30(37)20-7-8-20/h4-6,9-10,13-18,20,38H,7-8,11-12H2,1-3H3,(H,34,35). The number of phenolic OH excluding ortho intramolecular Hbond substituents is 1. The highest BCUT2D eigenvalue weighted by atomic mass is 35.5. The van der Waals surface area contributed by atoms with E-state index in [0.717, 1.165) is 36.9 Å². The Morgan fingerprint density at radius 3 is 2.66 bits per heavy atom. The number of aromatic hydroxyl groups is 1. The van der Waals surface area contributed by atoms with Crippen molar-refractivity contribution in [3.63, 3.8) is 0 Å². The molecule has 3 aromatic carbocycles. The summed E-state index contributed by atoms with van der Waals surface area (Å²) in [5.41, 5.74) is 5.26. The number of likely N-dealkylation sites (N-methyl/N-ethyl adjacent to an activating group) is 1. The van der Waals surface area contributed by atoms with Crippen molar-refractivity contribution in [3.05, 3.63) is 82.8 Å². The number of carbonyl (C=O) groups excluding carboxylic acids is 1. The van der Waals surface area contributed by atoms with E-state index in [4.69, 9.17) is 11.6 Å². The van der Waals surface area contributed by atoms with Crippen LogP contribution in [0.25, 0.3) is 22.0 Å². The van der Waals surface area contributed by atoms with Gasteiger partial charge in [0.2, 0.25) is 0 Å². The van der Waals surface area contributed by atoms with Gasteiger partial charge in [0.15, 0.2) is 17.3 Å². The maximum Gasteiger partial charge on any atom is 0.170 e. The first kappa shape index (κ1) is 26.1. The number of phenols is 1. The van der Waals surface area contributed by atoms with E-state index >= 15 is 0 Å². The third-order valence-electron chi connectivity index (χ3n) is 7.26. The molecule has 1 heterocycles. The first-order valence-corrected chi connectivity index (χ1v) is 13.3. The summed E-state index contributed by atoms with van der Waals surface area (Å²) in [7, 11) is 2.12. The lowest BCUT2D eigenvalue weighted by Crippen LogP contribution is -2.28. The summed E-state index contributed by atoms with van der Waals surface area (Å²) < 4.78 is 14.3. The summed E-state index contributed by atoms with van der Waals surface area (Å²) in [5.74, 6) is -1.25. The molecule has 1 fully saturated rings. The zero-order valence-corrected chi connectivity index (χ0v) is 22.5. The number of anilines is 2. The van der Waals surface area contributed by atoms with Crippen LogP contribution in [0.2, 0.25) is 5.02 Å². The lowest BCUT2D eigenvalue weighted by atomic mass is 9.98. The van der Waals surface area contributed by atoms with Gasteiger partial charge < -0.3 is 15.3 Å². The normalized spacial score (nSPS) is 13.4. The van der Waals surface area contributed by atoms with E-state index in [1.54, 1.807) is 6.20 Å². The quantitative estimate of drug-likeness (QED) is 0.217. The molecular weight excluding hydrogens is 501 g/mol. The Hall–Kier alpha value is -3.48. The summed E-state index contributed by atoms with van der Waals surface area (Å²) in [6.07, 6.45) is 4.34. The Balaban J connectivity index is 1.57. The van der Waals surface area contributed by atoms with Gasteiger partial charge in [0.25, 0.3) is 0 Å². The van der Waals surface area contributed by atoms with Gasteiger partial charge in [-0.3, -0.25) is 9.78 Å². The number of benzene rings is 3. The second-order valence-electron chi connectivity index (χ2n) is 10.4. The molecule has 4 aromatic rings. The second kappa shape index (κ2) is 10.7. The van der Waals surface area contributed by atoms with Gasteiger partial charge in [-0.2, -0.15) is 0 Å². The molecule has 0 unspecified atom stereocenters. The van der Waals surface area contributed by atoms with Crippen molar-refractivity contribution in [1.82, 2.24) is 9.88 Å². The molecule has 0 spiro atoms. The summed E-state index contributed by atoms with van der Waals surface area (Å²) in [6, 6.07) is 17.1. The number of hydrogen-bond donors (Lipinski definition) is 2. The SMILES string of the molecule is CC(C)N(C)CCc1cccc(Nc2c(C(=O)C3CC3)cnc3ccc(-c4cc(F)c(O)c(Cl)c4)cc23)c1. The molecule has 0 saturated heterocycles. The number of carbonyl (C=O) groups is 1. The zero-order chi connectivity index (χ0) is 27.0. The van der Waals surface area contributed by atoms with E-state index in [-0.39, 0.29) is 16.7 Å². The number of nitrogens with one attached hydrogen (secondary N) is 1. The van der Waals surface area contributed by atoms with Gasteiger partial charge in [0.05, 0.1) is 21.8 Å². The van der Waals surface area contributed by atoms with Crippen LogP contribution in [0.3, 0.4) is 0 Å². The largest absolute Gasteiger partial charge is 0.504 e. The molecule has 7 heteroatoms. The van der Waals surface area contributed by atoms with Gasteiger partial charge in [-0.25, -0.2) is 4.39 Å². The van der Waals surface area contributed by atoms with E-state index in [1.165, 1.54) is 17.7 Å². The van der Waals surface area contributed by atoms with Crippen molar-refractivity contribution in [2.75, 3.05) is 18.9 Å². The van der Waals surface area contributed by atoms with E-state index in [1.807, 2.05) is 30.3 Å². The minimum atomic E-state index is -0.790. The molecule has 38 heavy (non-hydrogen) atoms. The molecule has 0 atom stereocenters. The highest BCUT2D eigenvalue weighted by Gasteiger charge is 2.32. The molecule has 1 aromatic heterocycles. The van der Waals surface area contributed by atoms with E-state index in [0.29, 0.717) is 33.9 Å². The molecule has 0 radical (unpaired) electrons. The topological polar surface area (TPSA) is 65.5 Å². The van der Waals surface area contributed by atoms with E-state index < -0.39 is 11.6 Å². The highest BCUT2D eigenvalue weighted by molar-refractivity contribution is 6.32. The fourth-order valence-corrected chi connectivity index (χ4v) is 4.71. The molecule has 0 aliphatic heterocycles. The van der Waals surface area contributed by atoms with E-state index in [9.17, 15) is 14.3 Å². The molecule has 5 rings (SSSR count). The molecule has 5 nitrogen and oxygen atoms in total. The minimum Gasteiger partial charge on any atom is -0.504 e. The Morgan fingerprint density at radius 2 is 1.95 bits per heavy atom. The average molecular weight is 532 g/mol. The number of ketones is 1. The van der Waals surface area contributed by atoms with Crippen molar-refractivity contribution in [3.8, 4) is 16.9 Å². The Kier molecular flexibility index (Phi) is 7.37. The molecule has 1 saturated carbocycles. The molecule has 0 amide bonds. The molecule has 1 aliphatic carbocycles. The fraction of sp³-hybridized carbons (Fsp3) is 0.290. The number of pyridine rings is 1. The lowest BCUT2D eigenvalue weighted by molar-refractivity contribution is 0.0968. The van der Waals surface area contributed by atoms with Crippen LogP contribution in [0.5, 0.6) is 5.75 Å². The summed E-state index contributed by atoms with van der Waals surface area (Å²) in [4.78, 5) is 20.2. The van der Waals surface area contributed by atoms with Gasteiger partial charge >= 0.3 is 0 Å². The average Bonchev–Trinajstić information content (AvgIpc) is 3.75. The van der Waals surface area contributed by atoms with Crippen LogP contribution in [0.15, 0.2) is 60.8 Å². The van der Waals surface area contributed by atoms with Gasteiger partial charge in [0.1, 0.15) is 0 Å². The van der Waals surface area contributed by atoms with Crippen LogP contribution in [-0.4, -0.2) is 40.4 Å². The maximum atomic E-state index is 14.3. The number of rotatable bonds is 9. The molecule has 0 bridgehead atoms. The van der Waals surface area contributed by atoms with Gasteiger partial charge in [-0.1, -0.05) is 29.8 Å². The maximum absolute atomic E-state index is 14.3. The Morgan fingerprint density at radius 1 is 1.16 bits per heavy atom. The van der Waals surface area contributed by atoms with Crippen LogP contribution < -0.4 is 5.32 Å². The summed E-state index contributed by atoms with van der Waals surface area (Å²) >= 11 is 6.05. The molecule has 1 aliphatic rings. The van der Waals surface area contributed by atoms with Gasteiger partial charge in [-0.05, 0) is 93.2 Å². The number of aromatic nitrogens is 1. The Labute approximate surface area is 227 Å². The third kappa shape index (κ3) is 5.52. The minimum absolute atomic E-state index is 0.0286. The van der Waals surface area contributed by atoms with E-state index in [2.05, 4.69) is 48.2 Å². The predicted octanol–water partition coefficient (Wildman–Crippen LogP) is 7.62. The first-order chi connectivity index (χ1) is 18.2. The Bertz CT molecular complexity index is 1490. The number of hydrogen-bond acceptors (Lipinski definition) is 5. The first-order valence-electron chi connectivity index (χ1n) is 12.9. The van der Waals surface area contributed by atoms with Crippen LogP contribution in [0, 0.1) is 11.7 Å². The number of fused-ring (bicyclic) bond motifs is 1. The molecular formula is C31H31ClFN3O2. The highest BCUT2D eigenvalue weighted by Crippen LogP contribution is 2.39. The third-order valence-corrected chi connectivity index (χ3v) is 7.55. The monoisotopic (exact) mass is 531 g/mol. The second-order valence-corrected chi connectivity index (χ2v) is 10.8. The number of nitrogens with zero attached hydrogens (tertiary/aromatic N) is 2. The van der Waals surface area contributed by atoms with Crippen molar-refractivity contribution >= 4 is 39.7 Å². The van der Waals surface area contributed by atoms with Crippen LogP contribution in [0.1, 0.15) is 42.6 Å². The van der Waals surface area contributed by atoms with Gasteiger partial charge in [-0.15, -0.1) is 0 Å². The zero-order valence-electron chi connectivity index (χ0n) is 21.8. The van der Waals surface area contributed by atoms with Crippen molar-refractivity contribution in [2.45, 2.75) is 39.2 Å². The number of halogens is 2. The van der Waals surface area contributed by atoms with Crippen molar-refractivity contribution < 1.29 is 14.3 Å². The summed E-state index contributed by atoms with van der Waals surface area (Å²) in [5, 5.41) is 14.0. The fourth-order valence-electron chi connectivity index (χ4n) is 4.50. The van der Waals surface area contributed by atoms with Crippen LogP contribution >= 0.6 is 11.6 Å². The van der Waals surface area contributed by atoms with Gasteiger partial charge in [0, 0.05) is 35.8 Å². The van der Waals surface area contributed by atoms with Crippen molar-refractivity contribution in [1.29, 1.82) is 0 Å². The predicted molar refractivity (Wildman–Crippen MR) is 152 cm³/mol. The lowest BCUT2D eigenvalue weighted by Gasteiger charge is -2.21. The smallest absolute Gasteiger partial charge is 0.170 e.